The van der Waals surface area contributed by atoms with Crippen LogP contribution in [0.1, 0.15) is 43.0 Å². The Morgan fingerprint density at radius 2 is 1.74 bits per heavy atom. The fraction of sp³-hybridized carbons (Fsp3) is 0.414. The lowest BCUT2D eigenvalue weighted by molar-refractivity contribution is -0.121. The molecule has 2 aromatic rings. The molecule has 0 aromatic heterocycles. The number of carbonyl (C=O) groups is 2. The molecule has 0 atom stereocenters. The molecule has 0 unspecified atom stereocenters. The van der Waals surface area contributed by atoms with E-state index in [1.807, 2.05) is 18.2 Å². The van der Waals surface area contributed by atoms with Gasteiger partial charge in [-0.2, -0.15) is 0 Å². The zero-order chi connectivity index (χ0) is 27.0. The maximum absolute atomic E-state index is 13.1. The molecule has 9 heteroatoms. The average Bonchev–Trinajstić information content (AvgIpc) is 3.18. The summed E-state index contributed by atoms with van der Waals surface area (Å²) in [6.45, 7) is 12.3. The van der Waals surface area contributed by atoms with E-state index < -0.39 is 0 Å². The highest BCUT2D eigenvalue weighted by Crippen LogP contribution is 2.36. The molecule has 200 valence electrons. The van der Waals surface area contributed by atoms with Gasteiger partial charge in [0.25, 0.3) is 11.8 Å². The lowest BCUT2D eigenvalue weighted by Crippen LogP contribution is -2.43. The Morgan fingerprint density at radius 3 is 2.39 bits per heavy atom. The van der Waals surface area contributed by atoms with Gasteiger partial charge in [-0.25, -0.2) is 0 Å². The molecule has 2 amide bonds. The molecule has 0 bridgehead atoms. The van der Waals surface area contributed by atoms with Gasteiger partial charge in [-0.15, -0.1) is 0 Å². The number of hydrogen-bond donors (Lipinski definition) is 1. The fourth-order valence-corrected chi connectivity index (χ4v) is 5.92. The number of nitrogens with zero attached hydrogens (tertiary/aromatic N) is 3. The number of likely N-dealkylation sites (N-methyl/N-ethyl adjacent to an activating group) is 1. The van der Waals surface area contributed by atoms with Gasteiger partial charge >= 0.3 is 0 Å². The number of piperazine rings is 1. The van der Waals surface area contributed by atoms with E-state index in [9.17, 15) is 9.59 Å². The number of benzene rings is 2. The second kappa shape index (κ2) is 10.8. The average molecular weight is 551 g/mol. The summed E-state index contributed by atoms with van der Waals surface area (Å²) in [5.74, 6) is 0.377. The van der Waals surface area contributed by atoms with Crippen LogP contribution in [0.5, 0.6) is 5.75 Å². The monoisotopic (exact) mass is 550 g/mol. The Labute approximate surface area is 234 Å². The van der Waals surface area contributed by atoms with Crippen molar-refractivity contribution < 1.29 is 14.3 Å². The fourth-order valence-electron chi connectivity index (χ4n) is 4.88. The van der Waals surface area contributed by atoms with Gasteiger partial charge in [-0.05, 0) is 52.9 Å². The highest BCUT2D eigenvalue weighted by atomic mass is 32.2. The number of carbonyl (C=O) groups excluding carboxylic acids is 2. The van der Waals surface area contributed by atoms with E-state index in [1.165, 1.54) is 22.9 Å². The number of thiocarbonyl (C=S) groups is 1. The van der Waals surface area contributed by atoms with Crippen LogP contribution in [0.2, 0.25) is 0 Å². The highest BCUT2D eigenvalue weighted by Gasteiger charge is 2.28. The molecule has 0 radical (unpaired) electrons. The van der Waals surface area contributed by atoms with Gasteiger partial charge in [0.1, 0.15) is 10.1 Å². The zero-order valence-electron chi connectivity index (χ0n) is 22.4. The summed E-state index contributed by atoms with van der Waals surface area (Å²) < 4.78 is 6.20. The predicted octanol–water partition coefficient (Wildman–Crippen LogP) is 4.15. The molecule has 38 heavy (non-hydrogen) atoms. The summed E-state index contributed by atoms with van der Waals surface area (Å²) in [4.78, 5) is 32.5. The van der Waals surface area contributed by atoms with Crippen molar-refractivity contribution in [3.05, 3.63) is 63.6 Å². The van der Waals surface area contributed by atoms with Crippen LogP contribution in [0.4, 0.5) is 5.69 Å². The number of hydrogen-bond acceptors (Lipinski definition) is 7. The Balaban J connectivity index is 1.44. The van der Waals surface area contributed by atoms with Crippen LogP contribution in [0, 0.1) is 0 Å². The lowest BCUT2D eigenvalue weighted by Gasteiger charge is -2.33. The molecule has 3 aliphatic heterocycles. The first-order valence-corrected chi connectivity index (χ1v) is 14.1. The minimum absolute atomic E-state index is 0.00702. The van der Waals surface area contributed by atoms with Crippen LogP contribution in [0.25, 0.3) is 6.08 Å². The number of thioether (sulfide) groups is 1. The first-order valence-electron chi connectivity index (χ1n) is 12.9. The standard InChI is InChI=1S/C29H34N4O3S2/c1-29(2,3)22-12-20(16-32-9-7-31(4)8-10-32)11-21(13-22)17-33-23-14-19(5-6-24(23)36-18-26(33)34)15-25-27(35)30-28(37)38-25/h5-6,11-15H,7-10,16-18H2,1-4H3,(H,30,35,37). The molecule has 3 heterocycles. The maximum Gasteiger partial charge on any atom is 0.265 e. The van der Waals surface area contributed by atoms with E-state index >= 15 is 0 Å². The molecule has 3 aliphatic rings. The molecular formula is C29H34N4O3S2. The van der Waals surface area contributed by atoms with Crippen LogP contribution in [0.15, 0.2) is 41.3 Å². The molecule has 2 fully saturated rings. The van der Waals surface area contributed by atoms with E-state index in [2.05, 4.69) is 61.1 Å². The van der Waals surface area contributed by atoms with Crippen LogP contribution in [-0.4, -0.2) is 65.8 Å². The third kappa shape index (κ3) is 6.12. The smallest absolute Gasteiger partial charge is 0.265 e. The molecule has 0 saturated carbocycles. The molecule has 0 spiro atoms. The molecule has 2 aromatic carbocycles. The quantitative estimate of drug-likeness (QED) is 0.443. The van der Waals surface area contributed by atoms with E-state index in [0.717, 1.165) is 43.9 Å². The van der Waals surface area contributed by atoms with Gasteiger partial charge in [0.2, 0.25) is 0 Å². The largest absolute Gasteiger partial charge is 0.482 e. The van der Waals surface area contributed by atoms with E-state index in [0.29, 0.717) is 27.2 Å². The van der Waals surface area contributed by atoms with Gasteiger partial charge in [-0.3, -0.25) is 14.5 Å². The van der Waals surface area contributed by atoms with Gasteiger partial charge in [-0.1, -0.05) is 69.0 Å². The summed E-state index contributed by atoms with van der Waals surface area (Å²) in [7, 11) is 2.17. The summed E-state index contributed by atoms with van der Waals surface area (Å²) in [6, 6.07) is 12.4. The molecular weight excluding hydrogens is 516 g/mol. The summed E-state index contributed by atoms with van der Waals surface area (Å²) >= 11 is 6.35. The Hall–Kier alpha value is -2.72. The molecule has 1 N–H and O–H groups in total. The normalized spacial score (nSPS) is 20.1. The van der Waals surface area contributed by atoms with Gasteiger partial charge < -0.3 is 19.9 Å². The Kier molecular flexibility index (Phi) is 7.64. The lowest BCUT2D eigenvalue weighted by atomic mass is 9.85. The molecule has 5 rings (SSSR count). The third-order valence-electron chi connectivity index (χ3n) is 7.13. The molecule has 2 saturated heterocycles. The van der Waals surface area contributed by atoms with Crippen molar-refractivity contribution in [1.29, 1.82) is 0 Å². The third-order valence-corrected chi connectivity index (χ3v) is 8.29. The highest BCUT2D eigenvalue weighted by molar-refractivity contribution is 8.26. The van der Waals surface area contributed by atoms with Gasteiger partial charge in [0.15, 0.2) is 6.61 Å². The second-order valence-electron chi connectivity index (χ2n) is 11.2. The van der Waals surface area contributed by atoms with E-state index in [-0.39, 0.29) is 23.8 Å². The Morgan fingerprint density at radius 1 is 1.03 bits per heavy atom. The second-order valence-corrected chi connectivity index (χ2v) is 12.9. The van der Waals surface area contributed by atoms with Crippen molar-refractivity contribution in [3.63, 3.8) is 0 Å². The van der Waals surface area contributed by atoms with Crippen LogP contribution in [-0.2, 0) is 28.1 Å². The SMILES string of the molecule is CN1CCN(Cc2cc(CN3C(=O)COc4ccc(C=C5SC(=S)NC5=O)cc43)cc(C(C)(C)C)c2)CC1. The zero-order valence-corrected chi connectivity index (χ0v) is 24.0. The number of nitrogens with one attached hydrogen (secondary N) is 1. The van der Waals surface area contributed by atoms with Crippen LogP contribution in [0.3, 0.4) is 0 Å². The molecule has 0 aliphatic carbocycles. The minimum atomic E-state index is -0.200. The van der Waals surface area contributed by atoms with Crippen molar-refractivity contribution in [1.82, 2.24) is 15.1 Å². The number of anilines is 1. The van der Waals surface area contributed by atoms with Crippen LogP contribution < -0.4 is 15.0 Å². The first kappa shape index (κ1) is 26.9. The summed E-state index contributed by atoms with van der Waals surface area (Å²) in [6.07, 6.45) is 1.80. The number of rotatable bonds is 5. The van der Waals surface area contributed by atoms with Crippen LogP contribution >= 0.6 is 24.0 Å². The van der Waals surface area contributed by atoms with Gasteiger partial charge in [0.05, 0.1) is 17.1 Å². The number of ether oxygens (including phenoxy) is 1. The van der Waals surface area contributed by atoms with E-state index in [1.54, 1.807) is 11.0 Å². The topological polar surface area (TPSA) is 65.1 Å². The minimum Gasteiger partial charge on any atom is -0.482 e. The number of fused-ring (bicyclic) bond motifs is 1. The van der Waals surface area contributed by atoms with Crippen molar-refractivity contribution in [2.75, 3.05) is 44.7 Å². The van der Waals surface area contributed by atoms with Crippen molar-refractivity contribution in [2.45, 2.75) is 39.3 Å². The van der Waals surface area contributed by atoms with Crippen molar-refractivity contribution in [2.24, 2.45) is 0 Å². The summed E-state index contributed by atoms with van der Waals surface area (Å²) in [5, 5.41) is 2.64. The van der Waals surface area contributed by atoms with Gasteiger partial charge in [0, 0.05) is 32.7 Å². The van der Waals surface area contributed by atoms with Crippen molar-refractivity contribution in [3.8, 4) is 5.75 Å². The summed E-state index contributed by atoms with van der Waals surface area (Å²) in [5.41, 5.74) is 5.15. The maximum atomic E-state index is 13.1. The van der Waals surface area contributed by atoms with Crippen molar-refractivity contribution >= 4 is 51.9 Å². The van der Waals surface area contributed by atoms with E-state index in [4.69, 9.17) is 17.0 Å². The molecule has 7 nitrogen and oxygen atoms in total. The first-order chi connectivity index (χ1) is 18.0. The Bertz CT molecular complexity index is 1310. The number of amides is 2. The predicted molar refractivity (Wildman–Crippen MR) is 157 cm³/mol.